The fourth-order valence-corrected chi connectivity index (χ4v) is 2.75. The van der Waals surface area contributed by atoms with Gasteiger partial charge in [0.1, 0.15) is 5.82 Å². The van der Waals surface area contributed by atoms with E-state index in [0.29, 0.717) is 18.8 Å². The van der Waals surface area contributed by atoms with Crippen LogP contribution in [-0.4, -0.2) is 31.8 Å². The van der Waals surface area contributed by atoms with Gasteiger partial charge in [0, 0.05) is 20.2 Å². The van der Waals surface area contributed by atoms with E-state index in [1.54, 1.807) is 12.1 Å². The molecule has 1 aromatic rings. The highest BCUT2D eigenvalue weighted by Gasteiger charge is 2.38. The van der Waals surface area contributed by atoms with Crippen LogP contribution in [0.15, 0.2) is 24.3 Å². The Balaban J connectivity index is 2.30. The third-order valence-electron chi connectivity index (χ3n) is 3.94. The van der Waals surface area contributed by atoms with Gasteiger partial charge in [-0.3, -0.25) is 0 Å². The van der Waals surface area contributed by atoms with Gasteiger partial charge in [-0.05, 0) is 31.9 Å². The van der Waals surface area contributed by atoms with E-state index in [0.717, 1.165) is 12.8 Å². The van der Waals surface area contributed by atoms with Crippen molar-refractivity contribution in [3.63, 3.8) is 0 Å². The van der Waals surface area contributed by atoms with E-state index >= 15 is 0 Å². The number of rotatable bonds is 3. The lowest BCUT2D eigenvalue weighted by Gasteiger charge is -2.47. The lowest BCUT2D eigenvalue weighted by Crippen LogP contribution is -2.57. The quantitative estimate of drug-likeness (QED) is 0.896. The highest BCUT2D eigenvalue weighted by molar-refractivity contribution is 5.50. The predicted octanol–water partition coefficient (Wildman–Crippen LogP) is 2.16. The van der Waals surface area contributed by atoms with E-state index in [9.17, 15) is 4.39 Å². The number of ether oxygens (including phenoxy) is 1. The van der Waals surface area contributed by atoms with Crippen LogP contribution in [0.25, 0.3) is 0 Å². The van der Waals surface area contributed by atoms with E-state index in [1.807, 2.05) is 24.9 Å². The number of nitrogens with two attached hydrogens (primary N) is 1. The minimum absolute atomic E-state index is 0.163. The van der Waals surface area contributed by atoms with E-state index in [-0.39, 0.29) is 17.5 Å². The van der Waals surface area contributed by atoms with Crippen LogP contribution in [0.1, 0.15) is 19.8 Å². The van der Waals surface area contributed by atoms with Crippen molar-refractivity contribution in [2.75, 3.05) is 25.1 Å². The Morgan fingerprint density at radius 2 is 2.22 bits per heavy atom. The Kier molecular flexibility index (Phi) is 3.88. The monoisotopic (exact) mass is 252 g/mol. The number of anilines is 1. The van der Waals surface area contributed by atoms with Crippen molar-refractivity contribution < 1.29 is 9.13 Å². The summed E-state index contributed by atoms with van der Waals surface area (Å²) in [5, 5.41) is 0. The van der Waals surface area contributed by atoms with Crippen LogP contribution in [-0.2, 0) is 4.74 Å². The molecule has 3 nitrogen and oxygen atoms in total. The molecule has 1 fully saturated rings. The summed E-state index contributed by atoms with van der Waals surface area (Å²) in [6.45, 7) is 3.22. The second kappa shape index (κ2) is 5.24. The Hall–Kier alpha value is -1.13. The van der Waals surface area contributed by atoms with Gasteiger partial charge < -0.3 is 15.4 Å². The standard InChI is InChI=1S/C14H21FN2O/c1-11-9-14(10-16,7-8-18-11)17(2)13-6-4-3-5-12(13)15/h3-6,11H,7-10,16H2,1-2H3. The van der Waals surface area contributed by atoms with Crippen LogP contribution in [0.3, 0.4) is 0 Å². The van der Waals surface area contributed by atoms with Gasteiger partial charge in [0.15, 0.2) is 0 Å². The van der Waals surface area contributed by atoms with Gasteiger partial charge in [0.05, 0.1) is 17.3 Å². The first-order valence-corrected chi connectivity index (χ1v) is 6.39. The van der Waals surface area contributed by atoms with Crippen molar-refractivity contribution in [2.24, 2.45) is 5.73 Å². The molecule has 0 bridgehead atoms. The lowest BCUT2D eigenvalue weighted by molar-refractivity contribution is -0.00651. The number of para-hydroxylation sites is 1. The number of nitrogens with zero attached hydrogens (tertiary/aromatic N) is 1. The third kappa shape index (κ3) is 2.35. The van der Waals surface area contributed by atoms with Crippen LogP contribution >= 0.6 is 0 Å². The van der Waals surface area contributed by atoms with Crippen molar-refractivity contribution in [2.45, 2.75) is 31.4 Å². The van der Waals surface area contributed by atoms with Gasteiger partial charge in [-0.2, -0.15) is 0 Å². The first kappa shape index (κ1) is 13.3. The molecule has 1 aliphatic heterocycles. The van der Waals surface area contributed by atoms with E-state index in [2.05, 4.69) is 0 Å². The molecular weight excluding hydrogens is 231 g/mol. The topological polar surface area (TPSA) is 38.5 Å². The summed E-state index contributed by atoms with van der Waals surface area (Å²) in [6, 6.07) is 6.84. The number of benzene rings is 1. The molecule has 1 saturated heterocycles. The highest BCUT2D eigenvalue weighted by Crippen LogP contribution is 2.33. The normalized spacial score (nSPS) is 28.1. The van der Waals surface area contributed by atoms with Crippen LogP contribution in [0.5, 0.6) is 0 Å². The second-order valence-corrected chi connectivity index (χ2v) is 5.07. The fourth-order valence-electron chi connectivity index (χ4n) is 2.75. The zero-order chi connectivity index (χ0) is 13.2. The molecule has 2 N–H and O–H groups in total. The van der Waals surface area contributed by atoms with Crippen LogP contribution in [0.2, 0.25) is 0 Å². The molecule has 100 valence electrons. The van der Waals surface area contributed by atoms with Crippen molar-refractivity contribution in [1.82, 2.24) is 0 Å². The number of hydrogen-bond acceptors (Lipinski definition) is 3. The SMILES string of the molecule is CC1CC(CN)(N(C)c2ccccc2F)CCO1. The smallest absolute Gasteiger partial charge is 0.146 e. The minimum atomic E-state index is -0.208. The van der Waals surface area contributed by atoms with E-state index in [4.69, 9.17) is 10.5 Å². The largest absolute Gasteiger partial charge is 0.378 e. The molecule has 0 saturated carbocycles. The highest BCUT2D eigenvalue weighted by atomic mass is 19.1. The lowest BCUT2D eigenvalue weighted by atomic mass is 9.85. The summed E-state index contributed by atoms with van der Waals surface area (Å²) in [4.78, 5) is 1.99. The van der Waals surface area contributed by atoms with Crippen molar-refractivity contribution in [1.29, 1.82) is 0 Å². The molecule has 2 atom stereocenters. The molecule has 2 rings (SSSR count). The number of likely N-dealkylation sites (N-methyl/N-ethyl adjacent to an activating group) is 1. The first-order chi connectivity index (χ1) is 8.59. The van der Waals surface area contributed by atoms with Gasteiger partial charge in [0.25, 0.3) is 0 Å². The minimum Gasteiger partial charge on any atom is -0.378 e. The summed E-state index contributed by atoms with van der Waals surface area (Å²) in [6.07, 6.45) is 1.82. The Bertz CT molecular complexity index is 413. The van der Waals surface area contributed by atoms with Crippen LogP contribution in [0.4, 0.5) is 10.1 Å². The average Bonchev–Trinajstić information content (AvgIpc) is 2.38. The van der Waals surface area contributed by atoms with Gasteiger partial charge in [-0.1, -0.05) is 12.1 Å². The zero-order valence-corrected chi connectivity index (χ0v) is 11.0. The maximum Gasteiger partial charge on any atom is 0.146 e. The Morgan fingerprint density at radius 3 is 2.83 bits per heavy atom. The molecule has 18 heavy (non-hydrogen) atoms. The summed E-state index contributed by atoms with van der Waals surface area (Å²) < 4.78 is 19.5. The number of hydrogen-bond donors (Lipinski definition) is 1. The van der Waals surface area contributed by atoms with Gasteiger partial charge in [0.2, 0.25) is 0 Å². The molecule has 0 spiro atoms. The maximum absolute atomic E-state index is 13.9. The molecule has 0 aromatic heterocycles. The average molecular weight is 252 g/mol. The molecule has 4 heteroatoms. The fraction of sp³-hybridized carbons (Fsp3) is 0.571. The molecule has 0 amide bonds. The predicted molar refractivity (Wildman–Crippen MR) is 71.2 cm³/mol. The van der Waals surface area contributed by atoms with Crippen LogP contribution < -0.4 is 10.6 Å². The van der Waals surface area contributed by atoms with E-state index < -0.39 is 0 Å². The first-order valence-electron chi connectivity index (χ1n) is 6.39. The summed E-state index contributed by atoms with van der Waals surface area (Å²) in [5.41, 5.74) is 6.37. The zero-order valence-electron chi connectivity index (χ0n) is 11.0. The van der Waals surface area contributed by atoms with Crippen molar-refractivity contribution >= 4 is 5.69 Å². The Labute approximate surface area is 108 Å². The third-order valence-corrected chi connectivity index (χ3v) is 3.94. The molecular formula is C14H21FN2O. The van der Waals surface area contributed by atoms with Crippen LogP contribution in [0, 0.1) is 5.82 Å². The molecule has 2 unspecified atom stereocenters. The number of halogens is 1. The van der Waals surface area contributed by atoms with Gasteiger partial charge in [-0.25, -0.2) is 4.39 Å². The Morgan fingerprint density at radius 1 is 1.50 bits per heavy atom. The second-order valence-electron chi connectivity index (χ2n) is 5.07. The van der Waals surface area contributed by atoms with Crippen molar-refractivity contribution in [3.05, 3.63) is 30.1 Å². The van der Waals surface area contributed by atoms with Gasteiger partial charge >= 0.3 is 0 Å². The maximum atomic E-state index is 13.9. The molecule has 1 heterocycles. The molecule has 1 aromatic carbocycles. The molecule has 0 aliphatic carbocycles. The van der Waals surface area contributed by atoms with Crippen molar-refractivity contribution in [3.8, 4) is 0 Å². The summed E-state index contributed by atoms with van der Waals surface area (Å²) in [5.74, 6) is -0.202. The molecule has 1 aliphatic rings. The van der Waals surface area contributed by atoms with Gasteiger partial charge in [-0.15, -0.1) is 0 Å². The van der Waals surface area contributed by atoms with E-state index in [1.165, 1.54) is 6.07 Å². The summed E-state index contributed by atoms with van der Waals surface area (Å²) >= 11 is 0. The molecule has 0 radical (unpaired) electrons. The summed E-state index contributed by atoms with van der Waals surface area (Å²) in [7, 11) is 1.92.